The second-order valence-corrected chi connectivity index (χ2v) is 5.37. The second-order valence-electron chi connectivity index (χ2n) is 4.96. The monoisotopic (exact) mass is 283 g/mol. The van der Waals surface area contributed by atoms with Gasteiger partial charge in [-0.15, -0.1) is 0 Å². The zero-order chi connectivity index (χ0) is 13.1. The average Bonchev–Trinajstić information content (AvgIpc) is 2.92. The van der Waals surface area contributed by atoms with E-state index in [4.69, 9.17) is 25.8 Å². The number of nitrogens with one attached hydrogen (secondary N) is 1. The summed E-state index contributed by atoms with van der Waals surface area (Å²) in [6.07, 6.45) is 1.15. The van der Waals surface area contributed by atoms with Crippen molar-refractivity contribution in [2.45, 2.75) is 13.0 Å². The fourth-order valence-electron chi connectivity index (χ4n) is 2.43. The van der Waals surface area contributed by atoms with Gasteiger partial charge in [0.2, 0.25) is 0 Å². The van der Waals surface area contributed by atoms with Crippen LogP contribution in [-0.4, -0.2) is 33.0 Å². The summed E-state index contributed by atoms with van der Waals surface area (Å²) < 4.78 is 16.4. The standard InChI is InChI=1S/C14H18ClNO3/c15-12-5-11(6-13-14(12)19-4-3-18-13)8-16-7-10-1-2-17-9-10/h5-6,10,16H,1-4,7-9H2. The molecular formula is C14H18ClNO3. The summed E-state index contributed by atoms with van der Waals surface area (Å²) >= 11 is 6.20. The fourth-order valence-corrected chi connectivity index (χ4v) is 2.72. The van der Waals surface area contributed by atoms with Crippen molar-refractivity contribution >= 4 is 11.6 Å². The van der Waals surface area contributed by atoms with Crippen molar-refractivity contribution in [1.29, 1.82) is 0 Å². The summed E-state index contributed by atoms with van der Waals surface area (Å²) in [6, 6.07) is 3.94. The molecule has 2 heterocycles. The average molecular weight is 284 g/mol. The molecule has 0 bridgehead atoms. The predicted molar refractivity (Wildman–Crippen MR) is 73.1 cm³/mol. The summed E-state index contributed by atoms with van der Waals surface area (Å²) in [5.74, 6) is 2.05. The number of halogens is 1. The Morgan fingerprint density at radius 3 is 2.95 bits per heavy atom. The molecule has 1 unspecified atom stereocenters. The van der Waals surface area contributed by atoms with Crippen LogP contribution >= 0.6 is 11.6 Å². The van der Waals surface area contributed by atoms with Crippen LogP contribution in [0.5, 0.6) is 11.5 Å². The zero-order valence-electron chi connectivity index (χ0n) is 10.8. The number of rotatable bonds is 4. The van der Waals surface area contributed by atoms with E-state index >= 15 is 0 Å². The van der Waals surface area contributed by atoms with Gasteiger partial charge in [-0.2, -0.15) is 0 Å². The van der Waals surface area contributed by atoms with E-state index in [-0.39, 0.29) is 0 Å². The van der Waals surface area contributed by atoms with Crippen molar-refractivity contribution < 1.29 is 14.2 Å². The molecule has 3 rings (SSSR count). The minimum atomic E-state index is 0.562. The number of ether oxygens (including phenoxy) is 3. The quantitative estimate of drug-likeness (QED) is 0.920. The van der Waals surface area contributed by atoms with E-state index in [1.807, 2.05) is 12.1 Å². The molecule has 0 aromatic heterocycles. The molecule has 0 radical (unpaired) electrons. The van der Waals surface area contributed by atoms with Gasteiger partial charge in [-0.1, -0.05) is 11.6 Å². The van der Waals surface area contributed by atoms with Gasteiger partial charge in [0.1, 0.15) is 13.2 Å². The molecule has 1 aromatic rings. The first-order valence-electron chi connectivity index (χ1n) is 6.69. The number of hydrogen-bond acceptors (Lipinski definition) is 4. The number of fused-ring (bicyclic) bond motifs is 1. The molecule has 2 aliphatic heterocycles. The van der Waals surface area contributed by atoms with Crippen LogP contribution in [0.25, 0.3) is 0 Å². The third kappa shape index (κ3) is 3.14. The van der Waals surface area contributed by atoms with Crippen LogP contribution in [0.1, 0.15) is 12.0 Å². The highest BCUT2D eigenvalue weighted by Crippen LogP contribution is 2.38. The van der Waals surface area contributed by atoms with Crippen molar-refractivity contribution in [2.24, 2.45) is 5.92 Å². The normalized spacial score (nSPS) is 21.6. The molecule has 1 atom stereocenters. The van der Waals surface area contributed by atoms with Gasteiger partial charge < -0.3 is 19.5 Å². The SMILES string of the molecule is Clc1cc(CNCC2CCOC2)cc2c1OCCO2. The molecule has 1 saturated heterocycles. The Labute approximate surface area is 118 Å². The van der Waals surface area contributed by atoms with Gasteiger partial charge in [-0.05, 0) is 30.0 Å². The van der Waals surface area contributed by atoms with Crippen LogP contribution in [0.3, 0.4) is 0 Å². The fraction of sp³-hybridized carbons (Fsp3) is 0.571. The largest absolute Gasteiger partial charge is 0.486 e. The molecule has 1 fully saturated rings. The van der Waals surface area contributed by atoms with Gasteiger partial charge in [0.05, 0.1) is 11.6 Å². The third-order valence-electron chi connectivity index (χ3n) is 3.44. The molecule has 2 aliphatic rings. The van der Waals surface area contributed by atoms with Crippen LogP contribution in [0, 0.1) is 5.92 Å². The minimum Gasteiger partial charge on any atom is -0.486 e. The Morgan fingerprint density at radius 1 is 1.21 bits per heavy atom. The van der Waals surface area contributed by atoms with E-state index in [0.29, 0.717) is 29.9 Å². The van der Waals surface area contributed by atoms with Crippen LogP contribution in [0.15, 0.2) is 12.1 Å². The summed E-state index contributed by atoms with van der Waals surface area (Å²) in [7, 11) is 0. The van der Waals surface area contributed by atoms with E-state index < -0.39 is 0 Å². The molecular weight excluding hydrogens is 266 g/mol. The lowest BCUT2D eigenvalue weighted by molar-refractivity contribution is 0.171. The van der Waals surface area contributed by atoms with Crippen molar-refractivity contribution in [1.82, 2.24) is 5.32 Å². The Balaban J connectivity index is 1.59. The van der Waals surface area contributed by atoms with Gasteiger partial charge in [-0.3, -0.25) is 0 Å². The Morgan fingerprint density at radius 2 is 2.11 bits per heavy atom. The first-order valence-corrected chi connectivity index (χ1v) is 7.07. The Bertz CT molecular complexity index is 447. The van der Waals surface area contributed by atoms with Crippen molar-refractivity contribution in [3.8, 4) is 11.5 Å². The molecule has 1 N–H and O–H groups in total. The van der Waals surface area contributed by atoms with Gasteiger partial charge in [-0.25, -0.2) is 0 Å². The van der Waals surface area contributed by atoms with Crippen molar-refractivity contribution in [3.05, 3.63) is 22.7 Å². The highest BCUT2D eigenvalue weighted by atomic mass is 35.5. The van der Waals surface area contributed by atoms with Crippen molar-refractivity contribution in [2.75, 3.05) is 33.0 Å². The number of benzene rings is 1. The van der Waals surface area contributed by atoms with E-state index in [1.165, 1.54) is 0 Å². The lowest BCUT2D eigenvalue weighted by Gasteiger charge is -2.20. The highest BCUT2D eigenvalue weighted by Gasteiger charge is 2.17. The molecule has 4 nitrogen and oxygen atoms in total. The van der Waals surface area contributed by atoms with Crippen LogP contribution < -0.4 is 14.8 Å². The molecule has 0 aliphatic carbocycles. The van der Waals surface area contributed by atoms with Crippen LogP contribution in [0.4, 0.5) is 0 Å². The molecule has 0 amide bonds. The van der Waals surface area contributed by atoms with Crippen LogP contribution in [-0.2, 0) is 11.3 Å². The maximum Gasteiger partial charge on any atom is 0.179 e. The lowest BCUT2D eigenvalue weighted by Crippen LogP contribution is -2.23. The van der Waals surface area contributed by atoms with Crippen LogP contribution in [0.2, 0.25) is 5.02 Å². The third-order valence-corrected chi connectivity index (χ3v) is 3.72. The van der Waals surface area contributed by atoms with Crippen molar-refractivity contribution in [3.63, 3.8) is 0 Å². The first kappa shape index (κ1) is 13.0. The Hall–Kier alpha value is -0.970. The molecule has 0 saturated carbocycles. The number of hydrogen-bond donors (Lipinski definition) is 1. The summed E-state index contributed by atoms with van der Waals surface area (Å²) in [4.78, 5) is 0. The molecule has 0 spiro atoms. The maximum atomic E-state index is 6.20. The van der Waals surface area contributed by atoms with Gasteiger partial charge in [0.15, 0.2) is 11.5 Å². The summed E-state index contributed by atoms with van der Waals surface area (Å²) in [5, 5.41) is 4.07. The lowest BCUT2D eigenvalue weighted by atomic mass is 10.1. The summed E-state index contributed by atoms with van der Waals surface area (Å²) in [5.41, 5.74) is 1.12. The van der Waals surface area contributed by atoms with Gasteiger partial charge in [0.25, 0.3) is 0 Å². The highest BCUT2D eigenvalue weighted by molar-refractivity contribution is 6.32. The van der Waals surface area contributed by atoms with E-state index in [1.54, 1.807) is 0 Å². The maximum absolute atomic E-state index is 6.20. The predicted octanol–water partition coefficient (Wildman–Crippen LogP) is 2.24. The van der Waals surface area contributed by atoms with E-state index in [9.17, 15) is 0 Å². The van der Waals surface area contributed by atoms with Gasteiger partial charge in [0, 0.05) is 19.7 Å². The minimum absolute atomic E-state index is 0.562. The summed E-state index contributed by atoms with van der Waals surface area (Å²) in [6.45, 7) is 4.67. The van der Waals surface area contributed by atoms with E-state index in [2.05, 4.69) is 5.32 Å². The molecule has 104 valence electrons. The first-order chi connectivity index (χ1) is 9.33. The van der Waals surface area contributed by atoms with Gasteiger partial charge >= 0.3 is 0 Å². The topological polar surface area (TPSA) is 39.7 Å². The second kappa shape index (κ2) is 5.99. The zero-order valence-corrected chi connectivity index (χ0v) is 11.5. The Kier molecular flexibility index (Phi) is 4.11. The smallest absolute Gasteiger partial charge is 0.179 e. The van der Waals surface area contributed by atoms with E-state index in [0.717, 1.165) is 44.0 Å². The molecule has 19 heavy (non-hydrogen) atoms. The molecule has 1 aromatic carbocycles. The molecule has 5 heteroatoms.